The molecule has 0 aliphatic heterocycles. The first kappa shape index (κ1) is 19.3. The lowest BCUT2D eigenvalue weighted by Gasteiger charge is -2.09. The Hall–Kier alpha value is -2.51. The van der Waals surface area contributed by atoms with E-state index < -0.39 is 5.97 Å². The number of hydrogen-bond donors (Lipinski definition) is 3. The van der Waals surface area contributed by atoms with Gasteiger partial charge in [0.1, 0.15) is 0 Å². The van der Waals surface area contributed by atoms with E-state index in [9.17, 15) is 14.4 Å². The topological polar surface area (TPSA) is 95.5 Å². The number of amides is 2. The Morgan fingerprint density at radius 1 is 1.11 bits per heavy atom. The molecule has 0 saturated heterocycles. The molecule has 140 valence electrons. The number of nitrogens with one attached hydrogen (secondary N) is 2. The third-order valence-corrected chi connectivity index (χ3v) is 5.23. The lowest BCUT2D eigenvalue weighted by Crippen LogP contribution is -2.15. The van der Waals surface area contributed by atoms with E-state index in [0.29, 0.717) is 5.69 Å². The van der Waals surface area contributed by atoms with Crippen molar-refractivity contribution in [1.82, 2.24) is 0 Å². The van der Waals surface area contributed by atoms with Gasteiger partial charge in [-0.25, -0.2) is 4.79 Å². The van der Waals surface area contributed by atoms with Crippen LogP contribution in [0.5, 0.6) is 0 Å². The molecule has 2 aromatic rings. The number of aromatic carboxylic acids is 1. The maximum Gasteiger partial charge on any atom is 0.335 e. The summed E-state index contributed by atoms with van der Waals surface area (Å²) in [7, 11) is 0. The zero-order valence-corrected chi connectivity index (χ0v) is 15.8. The van der Waals surface area contributed by atoms with Crippen molar-refractivity contribution in [3.8, 4) is 0 Å². The van der Waals surface area contributed by atoms with Crippen molar-refractivity contribution in [2.45, 2.75) is 17.7 Å². The summed E-state index contributed by atoms with van der Waals surface area (Å²) in [5.74, 6) is -1.13. The summed E-state index contributed by atoms with van der Waals surface area (Å²) in [5.41, 5.74) is 1.00. The van der Waals surface area contributed by atoms with E-state index in [1.807, 2.05) is 24.3 Å². The predicted octanol–water partition coefficient (Wildman–Crippen LogP) is 4.12. The molecule has 2 amide bonds. The molecule has 0 heterocycles. The molecule has 3 N–H and O–H groups in total. The van der Waals surface area contributed by atoms with Crippen molar-refractivity contribution in [1.29, 1.82) is 0 Å². The van der Waals surface area contributed by atoms with E-state index in [2.05, 4.69) is 10.6 Å². The van der Waals surface area contributed by atoms with Gasteiger partial charge >= 0.3 is 5.97 Å². The van der Waals surface area contributed by atoms with E-state index in [0.717, 1.165) is 17.7 Å². The van der Waals surface area contributed by atoms with Crippen LogP contribution in [0.15, 0.2) is 47.4 Å². The maximum atomic E-state index is 12.2. The number of rotatable bonds is 7. The third-order valence-electron chi connectivity index (χ3n) is 3.91. The molecule has 0 atom stereocenters. The van der Waals surface area contributed by atoms with E-state index in [1.54, 1.807) is 0 Å². The molecule has 8 heteroatoms. The van der Waals surface area contributed by atoms with E-state index in [1.165, 1.54) is 30.0 Å². The molecule has 6 nitrogen and oxygen atoms in total. The molecule has 0 aromatic heterocycles. The van der Waals surface area contributed by atoms with E-state index in [4.69, 9.17) is 16.7 Å². The number of carbonyl (C=O) groups excluding carboxylic acids is 2. The first-order valence-electron chi connectivity index (χ1n) is 8.29. The van der Waals surface area contributed by atoms with Gasteiger partial charge in [0.2, 0.25) is 11.8 Å². The fourth-order valence-corrected chi connectivity index (χ4v) is 3.26. The second-order valence-electron chi connectivity index (χ2n) is 6.13. The number of halogens is 1. The minimum absolute atomic E-state index is 0.0304. The molecule has 3 rings (SSSR count). The van der Waals surface area contributed by atoms with Gasteiger partial charge in [0.25, 0.3) is 0 Å². The zero-order valence-electron chi connectivity index (χ0n) is 14.2. The lowest BCUT2D eigenvalue weighted by atomic mass is 10.2. The van der Waals surface area contributed by atoms with Gasteiger partial charge in [-0.15, -0.1) is 11.8 Å². The van der Waals surface area contributed by atoms with Crippen molar-refractivity contribution >= 4 is 52.5 Å². The Morgan fingerprint density at radius 3 is 2.59 bits per heavy atom. The summed E-state index contributed by atoms with van der Waals surface area (Å²) in [5, 5.41) is 14.8. The Bertz CT molecular complexity index is 899. The van der Waals surface area contributed by atoms with Crippen molar-refractivity contribution in [3.63, 3.8) is 0 Å². The minimum Gasteiger partial charge on any atom is -0.478 e. The highest BCUT2D eigenvalue weighted by atomic mass is 35.5. The molecule has 0 unspecified atom stereocenters. The van der Waals surface area contributed by atoms with Crippen molar-refractivity contribution < 1.29 is 19.5 Å². The van der Waals surface area contributed by atoms with Crippen molar-refractivity contribution in [2.24, 2.45) is 5.92 Å². The normalized spacial score (nSPS) is 13.1. The largest absolute Gasteiger partial charge is 0.478 e. The Balaban J connectivity index is 1.57. The first-order chi connectivity index (χ1) is 12.9. The van der Waals surface area contributed by atoms with Crippen LogP contribution in [-0.4, -0.2) is 28.6 Å². The molecular weight excluding hydrogens is 388 g/mol. The smallest absolute Gasteiger partial charge is 0.335 e. The highest BCUT2D eigenvalue weighted by molar-refractivity contribution is 8.00. The highest BCUT2D eigenvalue weighted by Gasteiger charge is 2.29. The van der Waals surface area contributed by atoms with Crippen LogP contribution >= 0.6 is 23.4 Å². The van der Waals surface area contributed by atoms with Crippen LogP contribution < -0.4 is 10.6 Å². The summed E-state index contributed by atoms with van der Waals surface area (Å²) >= 11 is 7.31. The molecule has 1 fully saturated rings. The standard InChI is InChI=1S/C19H17ClN2O4S/c20-15-7-6-12(19(25)26)8-16(15)22-17(23)10-27-14-3-1-2-13(9-14)21-18(24)11-4-5-11/h1-3,6-9,11H,4-5,10H2,(H,21,24)(H,22,23)(H,25,26). The minimum atomic E-state index is -1.10. The molecule has 1 aliphatic carbocycles. The number of carbonyl (C=O) groups is 3. The average Bonchev–Trinajstić information content (AvgIpc) is 3.47. The van der Waals surface area contributed by atoms with Crippen LogP contribution in [0.2, 0.25) is 5.02 Å². The lowest BCUT2D eigenvalue weighted by molar-refractivity contribution is -0.117. The van der Waals surface area contributed by atoms with Gasteiger partial charge < -0.3 is 15.7 Å². The Labute approximate surface area is 165 Å². The van der Waals surface area contributed by atoms with Crippen LogP contribution in [0.1, 0.15) is 23.2 Å². The second kappa shape index (κ2) is 8.45. The van der Waals surface area contributed by atoms with Crippen molar-refractivity contribution in [3.05, 3.63) is 53.1 Å². The van der Waals surface area contributed by atoms with Crippen LogP contribution in [0, 0.1) is 5.92 Å². The molecule has 0 spiro atoms. The van der Waals surface area contributed by atoms with Gasteiger partial charge in [-0.3, -0.25) is 9.59 Å². The second-order valence-corrected chi connectivity index (χ2v) is 7.58. The molecule has 1 saturated carbocycles. The van der Waals surface area contributed by atoms with Gasteiger partial charge in [0.05, 0.1) is 22.0 Å². The average molecular weight is 405 g/mol. The van der Waals surface area contributed by atoms with Crippen LogP contribution in [0.4, 0.5) is 11.4 Å². The third kappa shape index (κ3) is 5.48. The van der Waals surface area contributed by atoms with Crippen LogP contribution in [0.25, 0.3) is 0 Å². The van der Waals surface area contributed by atoms with Gasteiger partial charge in [-0.1, -0.05) is 17.7 Å². The molecule has 0 bridgehead atoms. The molecule has 1 aliphatic rings. The summed E-state index contributed by atoms with van der Waals surface area (Å²) < 4.78 is 0. The fourth-order valence-electron chi connectivity index (χ4n) is 2.34. The van der Waals surface area contributed by atoms with Gasteiger partial charge in [0, 0.05) is 16.5 Å². The number of carboxylic acid groups (broad SMARTS) is 1. The highest BCUT2D eigenvalue weighted by Crippen LogP contribution is 2.31. The predicted molar refractivity (Wildman–Crippen MR) is 106 cm³/mol. The molecule has 2 aromatic carbocycles. The summed E-state index contributed by atoms with van der Waals surface area (Å²) in [6.07, 6.45) is 1.87. The fraction of sp³-hybridized carbons (Fsp3) is 0.211. The van der Waals surface area contributed by atoms with Crippen LogP contribution in [0.3, 0.4) is 0 Å². The maximum absolute atomic E-state index is 12.2. The number of thioether (sulfide) groups is 1. The number of benzene rings is 2. The Kier molecular flexibility index (Phi) is 6.03. The number of hydrogen-bond acceptors (Lipinski definition) is 4. The van der Waals surface area contributed by atoms with E-state index in [-0.39, 0.29) is 39.8 Å². The van der Waals surface area contributed by atoms with Gasteiger partial charge in [-0.2, -0.15) is 0 Å². The molecular formula is C19H17ClN2O4S. The summed E-state index contributed by atoms with van der Waals surface area (Å²) in [6.45, 7) is 0. The summed E-state index contributed by atoms with van der Waals surface area (Å²) in [4.78, 5) is 35.9. The SMILES string of the molecule is O=C(CSc1cccc(NC(=O)C2CC2)c1)Nc1cc(C(=O)O)ccc1Cl. The Morgan fingerprint density at radius 2 is 1.89 bits per heavy atom. The monoisotopic (exact) mass is 404 g/mol. The first-order valence-corrected chi connectivity index (χ1v) is 9.65. The van der Waals surface area contributed by atoms with Crippen molar-refractivity contribution in [2.75, 3.05) is 16.4 Å². The van der Waals surface area contributed by atoms with Crippen LogP contribution in [-0.2, 0) is 9.59 Å². The number of anilines is 2. The number of carboxylic acids is 1. The quantitative estimate of drug-likeness (QED) is 0.603. The zero-order chi connectivity index (χ0) is 19.4. The van der Waals surface area contributed by atoms with Gasteiger partial charge in [0.15, 0.2) is 0 Å². The molecule has 27 heavy (non-hydrogen) atoms. The summed E-state index contributed by atoms with van der Waals surface area (Å²) in [6, 6.07) is 11.4. The van der Waals surface area contributed by atoms with Gasteiger partial charge in [-0.05, 0) is 49.2 Å². The van der Waals surface area contributed by atoms with E-state index >= 15 is 0 Å². The molecule has 0 radical (unpaired) electrons.